The number of hydrogen-bond donors (Lipinski definition) is 0. The molecular weight excluding hydrogens is 216 g/mol. The molecule has 0 aliphatic rings. The lowest BCUT2D eigenvalue weighted by Gasteiger charge is -2.09. The van der Waals surface area contributed by atoms with Crippen LogP contribution in [0.2, 0.25) is 0 Å². The summed E-state index contributed by atoms with van der Waals surface area (Å²) in [6, 6.07) is 7.43. The largest absolute Gasteiger partial charge is 0.469 e. The Kier molecular flexibility index (Phi) is 4.88. The molecule has 92 valence electrons. The van der Waals surface area contributed by atoms with E-state index in [1.807, 2.05) is 12.1 Å². The van der Waals surface area contributed by atoms with Gasteiger partial charge in [-0.15, -0.1) is 0 Å². The number of carbonyl (C=O) groups excluding carboxylic acids is 2. The maximum Gasteiger partial charge on any atom is 0.313 e. The van der Waals surface area contributed by atoms with Gasteiger partial charge in [0.05, 0.1) is 7.11 Å². The fourth-order valence-electron chi connectivity index (χ4n) is 1.54. The van der Waals surface area contributed by atoms with Crippen molar-refractivity contribution in [1.82, 2.24) is 0 Å². The lowest BCUT2D eigenvalue weighted by Crippen LogP contribution is -2.09. The lowest BCUT2D eigenvalue weighted by atomic mass is 9.96. The van der Waals surface area contributed by atoms with Crippen LogP contribution < -0.4 is 0 Å². The summed E-state index contributed by atoms with van der Waals surface area (Å²) in [5.74, 6) is -0.215. The molecule has 0 amide bonds. The molecule has 0 heterocycles. The smallest absolute Gasteiger partial charge is 0.313 e. The molecule has 1 aromatic rings. The second-order valence-electron chi connectivity index (χ2n) is 4.11. The van der Waals surface area contributed by atoms with Gasteiger partial charge in [-0.1, -0.05) is 38.1 Å². The molecule has 0 fully saturated rings. The molecular formula is C14H18O3. The highest BCUT2D eigenvalue weighted by molar-refractivity contribution is 6.05. The quantitative estimate of drug-likeness (QED) is 0.447. The average Bonchev–Trinajstić information content (AvgIpc) is 2.37. The Labute approximate surface area is 102 Å². The Balaban J connectivity index is 2.73. The van der Waals surface area contributed by atoms with Crippen LogP contribution in [0.4, 0.5) is 0 Å². The number of ketones is 1. The van der Waals surface area contributed by atoms with Crippen LogP contribution in [-0.2, 0) is 9.53 Å². The summed E-state index contributed by atoms with van der Waals surface area (Å²) in [4.78, 5) is 22.6. The van der Waals surface area contributed by atoms with E-state index in [4.69, 9.17) is 0 Å². The van der Waals surface area contributed by atoms with Crippen molar-refractivity contribution in [3.8, 4) is 0 Å². The van der Waals surface area contributed by atoms with Gasteiger partial charge >= 0.3 is 5.97 Å². The first kappa shape index (κ1) is 13.4. The van der Waals surface area contributed by atoms with E-state index in [0.29, 0.717) is 11.5 Å². The van der Waals surface area contributed by atoms with Gasteiger partial charge in [0, 0.05) is 5.56 Å². The van der Waals surface area contributed by atoms with Gasteiger partial charge in [0.15, 0.2) is 5.78 Å². The van der Waals surface area contributed by atoms with Crippen LogP contribution in [0.1, 0.15) is 48.5 Å². The van der Waals surface area contributed by atoms with Crippen LogP contribution in [0.25, 0.3) is 0 Å². The van der Waals surface area contributed by atoms with Gasteiger partial charge < -0.3 is 4.74 Å². The Hall–Kier alpha value is -1.64. The normalized spacial score (nSPS) is 11.9. The maximum atomic E-state index is 11.7. The van der Waals surface area contributed by atoms with E-state index in [2.05, 4.69) is 18.6 Å². The minimum atomic E-state index is -0.499. The number of hydrogen-bond acceptors (Lipinski definition) is 3. The summed E-state index contributed by atoms with van der Waals surface area (Å²) in [6.07, 6.45) is 0.870. The Morgan fingerprint density at radius 3 is 2.29 bits per heavy atom. The summed E-state index contributed by atoms with van der Waals surface area (Å²) in [5, 5.41) is 0. The van der Waals surface area contributed by atoms with Crippen molar-refractivity contribution in [1.29, 1.82) is 0 Å². The third-order valence-corrected chi connectivity index (χ3v) is 2.95. The van der Waals surface area contributed by atoms with Crippen LogP contribution in [-0.4, -0.2) is 18.9 Å². The van der Waals surface area contributed by atoms with Crippen molar-refractivity contribution in [2.75, 3.05) is 7.11 Å². The highest BCUT2D eigenvalue weighted by atomic mass is 16.5. The molecule has 0 aliphatic heterocycles. The minimum Gasteiger partial charge on any atom is -0.469 e. The summed E-state index contributed by atoms with van der Waals surface area (Å²) in [5.41, 5.74) is 1.77. The Morgan fingerprint density at radius 2 is 1.82 bits per heavy atom. The average molecular weight is 234 g/mol. The zero-order valence-electron chi connectivity index (χ0n) is 10.5. The molecule has 0 aromatic heterocycles. The predicted molar refractivity (Wildman–Crippen MR) is 66.1 cm³/mol. The summed E-state index contributed by atoms with van der Waals surface area (Å²) >= 11 is 0. The van der Waals surface area contributed by atoms with Crippen molar-refractivity contribution < 1.29 is 14.3 Å². The summed E-state index contributed by atoms with van der Waals surface area (Å²) < 4.78 is 4.46. The molecule has 3 nitrogen and oxygen atoms in total. The zero-order valence-corrected chi connectivity index (χ0v) is 10.5. The Morgan fingerprint density at radius 1 is 1.24 bits per heavy atom. The number of carbonyl (C=O) groups is 2. The fourth-order valence-corrected chi connectivity index (χ4v) is 1.54. The van der Waals surface area contributed by atoms with Crippen molar-refractivity contribution in [3.63, 3.8) is 0 Å². The van der Waals surface area contributed by atoms with E-state index in [0.717, 1.165) is 6.42 Å². The zero-order chi connectivity index (χ0) is 12.8. The topological polar surface area (TPSA) is 43.4 Å². The minimum absolute atomic E-state index is 0.195. The first-order valence-corrected chi connectivity index (χ1v) is 5.78. The van der Waals surface area contributed by atoms with Gasteiger partial charge in [-0.05, 0) is 17.9 Å². The second-order valence-corrected chi connectivity index (χ2v) is 4.11. The molecule has 0 spiro atoms. The predicted octanol–water partition coefficient (Wildman–Crippen LogP) is 2.95. The van der Waals surface area contributed by atoms with Gasteiger partial charge in [0.25, 0.3) is 0 Å². The molecule has 0 aliphatic carbocycles. The molecule has 0 radical (unpaired) electrons. The van der Waals surface area contributed by atoms with Crippen LogP contribution >= 0.6 is 0 Å². The fraction of sp³-hybridized carbons (Fsp3) is 0.429. The molecule has 0 bridgehead atoms. The summed E-state index contributed by atoms with van der Waals surface area (Å²) in [6.45, 7) is 4.27. The van der Waals surface area contributed by atoms with Gasteiger partial charge in [0.2, 0.25) is 0 Å². The maximum absolute atomic E-state index is 11.7. The van der Waals surface area contributed by atoms with E-state index < -0.39 is 5.97 Å². The monoisotopic (exact) mass is 234 g/mol. The van der Waals surface area contributed by atoms with Crippen LogP contribution in [0.15, 0.2) is 24.3 Å². The third-order valence-electron chi connectivity index (χ3n) is 2.95. The number of esters is 1. The summed E-state index contributed by atoms with van der Waals surface area (Å²) in [7, 11) is 1.28. The van der Waals surface area contributed by atoms with E-state index in [1.54, 1.807) is 12.1 Å². The molecule has 1 aromatic carbocycles. The van der Waals surface area contributed by atoms with Crippen molar-refractivity contribution >= 4 is 11.8 Å². The van der Waals surface area contributed by atoms with Crippen molar-refractivity contribution in [2.45, 2.75) is 32.6 Å². The van der Waals surface area contributed by atoms with Crippen molar-refractivity contribution in [3.05, 3.63) is 35.4 Å². The van der Waals surface area contributed by atoms with Gasteiger partial charge in [-0.2, -0.15) is 0 Å². The van der Waals surface area contributed by atoms with E-state index >= 15 is 0 Å². The standard InChI is InChI=1S/C14H18O3/c1-4-10(2)11-5-7-12(8-6-11)13(15)9-14(16)17-3/h5-8,10H,4,9H2,1-3H3. The van der Waals surface area contributed by atoms with Crippen LogP contribution in [0.3, 0.4) is 0 Å². The highest BCUT2D eigenvalue weighted by Crippen LogP contribution is 2.19. The highest BCUT2D eigenvalue weighted by Gasteiger charge is 2.12. The lowest BCUT2D eigenvalue weighted by molar-refractivity contribution is -0.139. The molecule has 0 N–H and O–H groups in total. The van der Waals surface area contributed by atoms with E-state index in [-0.39, 0.29) is 12.2 Å². The van der Waals surface area contributed by atoms with Crippen LogP contribution in [0, 0.1) is 0 Å². The number of Topliss-reactive ketones (excluding diaryl/α,β-unsaturated/α-hetero) is 1. The van der Waals surface area contributed by atoms with Gasteiger partial charge in [-0.3, -0.25) is 9.59 Å². The number of rotatable bonds is 5. The van der Waals surface area contributed by atoms with Gasteiger partial charge in [-0.25, -0.2) is 0 Å². The van der Waals surface area contributed by atoms with E-state index in [9.17, 15) is 9.59 Å². The second kappa shape index (κ2) is 6.18. The Bertz CT molecular complexity index is 392. The van der Waals surface area contributed by atoms with E-state index in [1.165, 1.54) is 12.7 Å². The SMILES string of the molecule is CCC(C)c1ccc(C(=O)CC(=O)OC)cc1. The molecule has 1 atom stereocenters. The third kappa shape index (κ3) is 3.70. The first-order valence-electron chi connectivity index (χ1n) is 5.78. The molecule has 3 heteroatoms. The molecule has 1 rings (SSSR count). The number of ether oxygens (including phenoxy) is 1. The van der Waals surface area contributed by atoms with Crippen LogP contribution in [0.5, 0.6) is 0 Å². The van der Waals surface area contributed by atoms with Gasteiger partial charge in [0.1, 0.15) is 6.42 Å². The van der Waals surface area contributed by atoms with Crippen molar-refractivity contribution in [2.24, 2.45) is 0 Å². The first-order chi connectivity index (χ1) is 8.08. The number of benzene rings is 1. The molecule has 0 saturated carbocycles. The number of methoxy groups -OCH3 is 1. The molecule has 0 saturated heterocycles. The molecule has 1 unspecified atom stereocenters. The molecule has 17 heavy (non-hydrogen) atoms.